The Morgan fingerprint density at radius 2 is 2.00 bits per heavy atom. The van der Waals surface area contributed by atoms with Crippen molar-refractivity contribution in [2.75, 3.05) is 0 Å². The molecule has 0 radical (unpaired) electrons. The molecule has 0 amide bonds. The number of hydrogen-bond donors (Lipinski definition) is 1. The van der Waals surface area contributed by atoms with Crippen molar-refractivity contribution in [2.45, 2.75) is 32.2 Å². The Morgan fingerprint density at radius 3 is 2.72 bits per heavy atom. The van der Waals surface area contributed by atoms with Crippen molar-refractivity contribution in [1.82, 2.24) is 9.78 Å². The van der Waals surface area contributed by atoms with Gasteiger partial charge in [-0.25, -0.2) is 0 Å². The second-order valence-corrected chi connectivity index (χ2v) is 5.19. The van der Waals surface area contributed by atoms with Crippen LogP contribution in [-0.2, 0) is 19.9 Å². The van der Waals surface area contributed by atoms with Crippen LogP contribution in [0.1, 0.15) is 40.5 Å². The lowest BCUT2D eigenvalue weighted by molar-refractivity contribution is 0.700. The fourth-order valence-electron chi connectivity index (χ4n) is 2.70. The molecule has 1 aromatic heterocycles. The molecule has 0 saturated heterocycles. The number of aromatic nitrogens is 2. The van der Waals surface area contributed by atoms with Gasteiger partial charge in [0.15, 0.2) is 0 Å². The number of benzene rings is 1. The Kier molecular flexibility index (Phi) is 2.71. The van der Waals surface area contributed by atoms with Gasteiger partial charge in [0, 0.05) is 12.7 Å². The van der Waals surface area contributed by atoms with Gasteiger partial charge in [0.25, 0.3) is 0 Å². The average Bonchev–Trinajstić information content (AvgIpc) is 2.95. The van der Waals surface area contributed by atoms with Gasteiger partial charge in [0.1, 0.15) is 0 Å². The molecule has 3 nitrogen and oxygen atoms in total. The number of nitrogens with zero attached hydrogens (tertiary/aromatic N) is 2. The minimum atomic E-state index is -0.115. The zero-order chi connectivity index (χ0) is 12.7. The molecule has 1 unspecified atom stereocenters. The lowest BCUT2D eigenvalue weighted by Crippen LogP contribution is -2.13. The van der Waals surface area contributed by atoms with Crippen molar-refractivity contribution < 1.29 is 0 Å². The van der Waals surface area contributed by atoms with Crippen molar-refractivity contribution >= 4 is 0 Å². The van der Waals surface area contributed by atoms with Crippen molar-refractivity contribution in [3.05, 3.63) is 52.3 Å². The third-order valence-electron chi connectivity index (χ3n) is 3.93. The van der Waals surface area contributed by atoms with Crippen molar-refractivity contribution in [1.29, 1.82) is 0 Å². The molecule has 2 aromatic rings. The van der Waals surface area contributed by atoms with Gasteiger partial charge in [-0.1, -0.05) is 18.2 Å². The summed E-state index contributed by atoms with van der Waals surface area (Å²) in [5, 5.41) is 4.47. The maximum Gasteiger partial charge on any atom is 0.0839 e. The van der Waals surface area contributed by atoms with Gasteiger partial charge < -0.3 is 5.73 Å². The maximum absolute atomic E-state index is 6.32. The van der Waals surface area contributed by atoms with Crippen LogP contribution in [-0.4, -0.2) is 9.78 Å². The standard InChI is InChI=1S/C15H19N3/c1-10-8-14(17-18(10)2)15(16)13-7-6-11-4-3-5-12(11)9-13/h6-9,15H,3-5,16H2,1-2H3. The summed E-state index contributed by atoms with van der Waals surface area (Å²) < 4.78 is 1.88. The predicted molar refractivity (Wildman–Crippen MR) is 72.4 cm³/mol. The summed E-state index contributed by atoms with van der Waals surface area (Å²) in [7, 11) is 1.95. The van der Waals surface area contributed by atoms with Gasteiger partial charge in [-0.05, 0) is 48.9 Å². The summed E-state index contributed by atoms with van der Waals surface area (Å²) in [4.78, 5) is 0. The quantitative estimate of drug-likeness (QED) is 0.876. The number of aryl methyl sites for hydroxylation is 4. The van der Waals surface area contributed by atoms with E-state index < -0.39 is 0 Å². The molecule has 0 spiro atoms. The highest BCUT2D eigenvalue weighted by atomic mass is 15.3. The molecule has 94 valence electrons. The van der Waals surface area contributed by atoms with Crippen LogP contribution in [0.3, 0.4) is 0 Å². The summed E-state index contributed by atoms with van der Waals surface area (Å²) in [6.45, 7) is 2.05. The lowest BCUT2D eigenvalue weighted by atomic mass is 9.99. The summed E-state index contributed by atoms with van der Waals surface area (Å²) >= 11 is 0. The van der Waals surface area contributed by atoms with E-state index in [-0.39, 0.29) is 6.04 Å². The van der Waals surface area contributed by atoms with E-state index in [0.717, 1.165) is 11.4 Å². The summed E-state index contributed by atoms with van der Waals surface area (Å²) in [5.74, 6) is 0. The largest absolute Gasteiger partial charge is 0.319 e. The highest BCUT2D eigenvalue weighted by molar-refractivity contribution is 5.38. The molecule has 18 heavy (non-hydrogen) atoms. The monoisotopic (exact) mass is 241 g/mol. The minimum absolute atomic E-state index is 0.115. The van der Waals surface area contributed by atoms with E-state index in [0.29, 0.717) is 0 Å². The molecule has 3 heteroatoms. The Bertz CT molecular complexity index is 564. The molecule has 1 heterocycles. The summed E-state index contributed by atoms with van der Waals surface area (Å²) in [5.41, 5.74) is 12.5. The van der Waals surface area contributed by atoms with Crippen molar-refractivity contribution in [3.63, 3.8) is 0 Å². The summed E-state index contributed by atoms with van der Waals surface area (Å²) in [6.07, 6.45) is 3.68. The number of rotatable bonds is 2. The van der Waals surface area contributed by atoms with Crippen LogP contribution in [0.15, 0.2) is 24.3 Å². The number of hydrogen-bond acceptors (Lipinski definition) is 2. The smallest absolute Gasteiger partial charge is 0.0839 e. The van der Waals surface area contributed by atoms with Crippen LogP contribution in [0.2, 0.25) is 0 Å². The van der Waals surface area contributed by atoms with E-state index in [9.17, 15) is 0 Å². The number of nitrogens with two attached hydrogens (primary N) is 1. The molecule has 1 aromatic carbocycles. The highest BCUT2D eigenvalue weighted by Crippen LogP contribution is 2.27. The zero-order valence-electron chi connectivity index (χ0n) is 11.0. The fourth-order valence-corrected chi connectivity index (χ4v) is 2.70. The van der Waals surface area contributed by atoms with Gasteiger partial charge >= 0.3 is 0 Å². The van der Waals surface area contributed by atoms with Crippen LogP contribution in [0.25, 0.3) is 0 Å². The predicted octanol–water partition coefficient (Wildman–Crippen LogP) is 2.27. The maximum atomic E-state index is 6.32. The van der Waals surface area contributed by atoms with Crippen molar-refractivity contribution in [2.24, 2.45) is 12.8 Å². The Balaban J connectivity index is 1.94. The van der Waals surface area contributed by atoms with Crippen LogP contribution < -0.4 is 5.73 Å². The topological polar surface area (TPSA) is 43.8 Å². The Hall–Kier alpha value is -1.61. The SMILES string of the molecule is Cc1cc(C(N)c2ccc3c(c2)CCC3)nn1C. The molecule has 1 atom stereocenters. The fraction of sp³-hybridized carbons (Fsp3) is 0.400. The van der Waals surface area contributed by atoms with Gasteiger partial charge in [0.05, 0.1) is 11.7 Å². The number of fused-ring (bicyclic) bond motifs is 1. The zero-order valence-corrected chi connectivity index (χ0v) is 11.0. The second-order valence-electron chi connectivity index (χ2n) is 5.19. The summed E-state index contributed by atoms with van der Waals surface area (Å²) in [6, 6.07) is 8.59. The molecule has 0 saturated carbocycles. The van der Waals surface area contributed by atoms with E-state index in [2.05, 4.69) is 29.4 Å². The van der Waals surface area contributed by atoms with Crippen molar-refractivity contribution in [3.8, 4) is 0 Å². The molecule has 2 N–H and O–H groups in total. The molecule has 3 rings (SSSR count). The average molecular weight is 241 g/mol. The molecule has 0 fully saturated rings. The molecule has 1 aliphatic carbocycles. The Morgan fingerprint density at radius 1 is 1.22 bits per heavy atom. The molecule has 1 aliphatic rings. The van der Waals surface area contributed by atoms with Gasteiger partial charge in [-0.3, -0.25) is 4.68 Å². The molecular formula is C15H19N3. The first kappa shape index (κ1) is 11.5. The minimum Gasteiger partial charge on any atom is -0.319 e. The normalized spacial score (nSPS) is 15.7. The molecule has 0 aliphatic heterocycles. The third-order valence-corrected chi connectivity index (χ3v) is 3.93. The van der Waals surface area contributed by atoms with E-state index >= 15 is 0 Å². The van der Waals surface area contributed by atoms with E-state index in [1.807, 2.05) is 18.7 Å². The van der Waals surface area contributed by atoms with Gasteiger partial charge in [-0.15, -0.1) is 0 Å². The first-order valence-electron chi connectivity index (χ1n) is 6.53. The second kappa shape index (κ2) is 4.25. The molecule has 0 bridgehead atoms. The third kappa shape index (κ3) is 1.85. The van der Waals surface area contributed by atoms with E-state index in [1.165, 1.54) is 36.0 Å². The van der Waals surface area contributed by atoms with Crippen LogP contribution in [0.4, 0.5) is 0 Å². The highest BCUT2D eigenvalue weighted by Gasteiger charge is 2.16. The lowest BCUT2D eigenvalue weighted by Gasteiger charge is -2.11. The van der Waals surface area contributed by atoms with E-state index in [4.69, 9.17) is 5.73 Å². The van der Waals surface area contributed by atoms with Crippen LogP contribution >= 0.6 is 0 Å². The van der Waals surface area contributed by atoms with Crippen LogP contribution in [0.5, 0.6) is 0 Å². The van der Waals surface area contributed by atoms with E-state index in [1.54, 1.807) is 0 Å². The first-order valence-corrected chi connectivity index (χ1v) is 6.53. The van der Waals surface area contributed by atoms with Gasteiger partial charge in [-0.2, -0.15) is 5.10 Å². The van der Waals surface area contributed by atoms with Crippen LogP contribution in [0, 0.1) is 6.92 Å². The molecular weight excluding hydrogens is 222 g/mol. The van der Waals surface area contributed by atoms with Gasteiger partial charge in [0.2, 0.25) is 0 Å². The first-order chi connectivity index (χ1) is 8.65. The Labute approximate surface area is 108 Å².